The Kier molecular flexibility index (Phi) is 9.15. The summed E-state index contributed by atoms with van der Waals surface area (Å²) < 4.78 is 6.10. The molecule has 1 aliphatic rings. The van der Waals surface area contributed by atoms with Crippen molar-refractivity contribution in [1.82, 2.24) is 10.2 Å². The Labute approximate surface area is 208 Å². The number of hydrogen-bond donors (Lipinski definition) is 3. The number of carbonyl (C=O) groups is 2. The Morgan fingerprint density at radius 2 is 1.91 bits per heavy atom. The topological polar surface area (TPSA) is 99.1 Å². The average molecular weight is 483 g/mol. The summed E-state index contributed by atoms with van der Waals surface area (Å²) in [7, 11) is 0. The number of aromatic hydroxyl groups is 1. The fourth-order valence-electron chi connectivity index (χ4n) is 4.35. The summed E-state index contributed by atoms with van der Waals surface area (Å²) in [5, 5.41) is 23.1. The van der Waals surface area contributed by atoms with Gasteiger partial charge in [-0.15, -0.1) is 0 Å². The van der Waals surface area contributed by atoms with Crippen LogP contribution in [0.15, 0.2) is 36.4 Å². The molecule has 2 aromatic carbocycles. The average Bonchev–Trinajstić information content (AvgIpc) is 2.79. The van der Waals surface area contributed by atoms with E-state index in [1.165, 1.54) is 0 Å². The van der Waals surface area contributed by atoms with E-state index in [-0.39, 0.29) is 30.0 Å². The van der Waals surface area contributed by atoms with Crippen LogP contribution in [0.25, 0.3) is 0 Å². The fourth-order valence-corrected chi connectivity index (χ4v) is 4.35. The molecule has 0 unspecified atom stereocenters. The van der Waals surface area contributed by atoms with E-state index >= 15 is 0 Å². The number of aryl methyl sites for hydroxylation is 1. The summed E-state index contributed by atoms with van der Waals surface area (Å²) in [5.74, 6) is 0.120. The number of rotatable bonds is 5. The van der Waals surface area contributed by atoms with E-state index in [1.807, 2.05) is 41.3 Å². The monoisotopic (exact) mass is 482 g/mol. The number of para-hydroxylation sites is 1. The van der Waals surface area contributed by atoms with Gasteiger partial charge in [-0.05, 0) is 48.3 Å². The third kappa shape index (κ3) is 7.99. The normalized spacial score (nSPS) is 16.1. The van der Waals surface area contributed by atoms with Crippen molar-refractivity contribution >= 4 is 11.9 Å². The molecule has 1 amide bonds. The van der Waals surface area contributed by atoms with Crippen molar-refractivity contribution in [1.29, 1.82) is 0 Å². The Hall–Kier alpha value is -3.06. The molecule has 0 atom stereocenters. The van der Waals surface area contributed by atoms with Crippen molar-refractivity contribution < 1.29 is 24.5 Å². The molecule has 0 radical (unpaired) electrons. The molecule has 1 aliphatic heterocycles. The van der Waals surface area contributed by atoms with Crippen molar-refractivity contribution in [3.8, 4) is 11.5 Å². The van der Waals surface area contributed by atoms with Crippen molar-refractivity contribution in [2.45, 2.75) is 71.4 Å². The standard InChI is InChI=1S/C28H38N2O5/c1-28(2,3)23-9-7-8-21(27(23)34)17-30-18-22-16-20(11-13-26(32)33)10-12-24(22)35-15-6-4-5-14-29-25(31)19-30/h7-10,12,16,34H,4-6,11,13-15,17-19H2,1-3H3,(H,29,31)(H,32,33). The van der Waals surface area contributed by atoms with Gasteiger partial charge in [0.15, 0.2) is 0 Å². The summed E-state index contributed by atoms with van der Waals surface area (Å²) in [6.07, 6.45) is 3.23. The maximum Gasteiger partial charge on any atom is 0.303 e. The van der Waals surface area contributed by atoms with E-state index in [4.69, 9.17) is 9.84 Å². The first-order chi connectivity index (χ1) is 16.6. The van der Waals surface area contributed by atoms with Crippen molar-refractivity contribution in [2.75, 3.05) is 19.7 Å². The zero-order valence-electron chi connectivity index (χ0n) is 21.1. The molecule has 0 bridgehead atoms. The molecule has 0 aliphatic carbocycles. The molecule has 0 saturated carbocycles. The largest absolute Gasteiger partial charge is 0.507 e. The van der Waals surface area contributed by atoms with Crippen LogP contribution < -0.4 is 10.1 Å². The van der Waals surface area contributed by atoms with Gasteiger partial charge < -0.3 is 20.3 Å². The van der Waals surface area contributed by atoms with E-state index in [1.54, 1.807) is 0 Å². The molecule has 3 rings (SSSR count). The highest BCUT2D eigenvalue weighted by molar-refractivity contribution is 5.78. The van der Waals surface area contributed by atoms with Crippen LogP contribution in [0.1, 0.15) is 68.7 Å². The Morgan fingerprint density at radius 1 is 1.11 bits per heavy atom. The molecule has 0 aromatic heterocycles. The van der Waals surface area contributed by atoms with E-state index in [9.17, 15) is 14.7 Å². The van der Waals surface area contributed by atoms with Gasteiger partial charge in [0.05, 0.1) is 13.2 Å². The van der Waals surface area contributed by atoms with Crippen LogP contribution in [-0.4, -0.2) is 46.7 Å². The number of carboxylic acid groups (broad SMARTS) is 1. The fraction of sp³-hybridized carbons (Fsp3) is 0.500. The maximum atomic E-state index is 12.7. The predicted octanol–water partition coefficient (Wildman–Crippen LogP) is 4.39. The van der Waals surface area contributed by atoms with Crippen LogP contribution in [-0.2, 0) is 34.5 Å². The summed E-state index contributed by atoms with van der Waals surface area (Å²) in [6.45, 7) is 8.40. The number of nitrogens with one attached hydrogen (secondary N) is 1. The molecule has 2 aromatic rings. The second kappa shape index (κ2) is 12.1. The van der Waals surface area contributed by atoms with Crippen LogP contribution >= 0.6 is 0 Å². The SMILES string of the molecule is CC(C)(C)c1cccc(CN2CC(=O)NCCCCCOc3ccc(CCC(=O)O)cc3C2)c1O. The van der Waals surface area contributed by atoms with Gasteiger partial charge in [-0.25, -0.2) is 0 Å². The number of amides is 1. The Bertz CT molecular complexity index is 1030. The second-order valence-corrected chi connectivity index (χ2v) is 10.3. The zero-order valence-corrected chi connectivity index (χ0v) is 21.1. The van der Waals surface area contributed by atoms with Gasteiger partial charge in [-0.2, -0.15) is 0 Å². The third-order valence-electron chi connectivity index (χ3n) is 6.24. The summed E-state index contributed by atoms with van der Waals surface area (Å²) in [4.78, 5) is 25.8. The first-order valence-electron chi connectivity index (χ1n) is 12.4. The van der Waals surface area contributed by atoms with Gasteiger partial charge in [0, 0.05) is 37.2 Å². The predicted molar refractivity (Wildman–Crippen MR) is 136 cm³/mol. The first kappa shape index (κ1) is 26.5. The number of phenolic OH excluding ortho intramolecular Hbond substituents is 1. The molecule has 0 spiro atoms. The van der Waals surface area contributed by atoms with E-state index < -0.39 is 5.97 Å². The molecule has 0 saturated heterocycles. The number of aliphatic carboxylic acids is 1. The number of carbonyl (C=O) groups excluding carboxylic acids is 1. The molecular formula is C28H38N2O5. The van der Waals surface area contributed by atoms with Crippen molar-refractivity contribution in [3.05, 3.63) is 58.7 Å². The van der Waals surface area contributed by atoms with Crippen molar-refractivity contribution in [3.63, 3.8) is 0 Å². The Balaban J connectivity index is 1.93. The lowest BCUT2D eigenvalue weighted by molar-refractivity contribution is -0.137. The summed E-state index contributed by atoms with van der Waals surface area (Å²) >= 11 is 0. The molecule has 0 fully saturated rings. The van der Waals surface area contributed by atoms with E-state index in [0.717, 1.165) is 47.3 Å². The van der Waals surface area contributed by atoms with Crippen LogP contribution in [0.4, 0.5) is 0 Å². The summed E-state index contributed by atoms with van der Waals surface area (Å²) in [5.41, 5.74) is 3.24. The lowest BCUT2D eigenvalue weighted by atomic mass is 9.85. The number of carboxylic acids is 1. The van der Waals surface area contributed by atoms with Crippen LogP contribution in [0.3, 0.4) is 0 Å². The van der Waals surface area contributed by atoms with Gasteiger partial charge in [-0.1, -0.05) is 51.1 Å². The molecule has 1 heterocycles. The lowest BCUT2D eigenvalue weighted by Crippen LogP contribution is -2.37. The number of nitrogens with zero attached hydrogens (tertiary/aromatic N) is 1. The van der Waals surface area contributed by atoms with E-state index in [0.29, 0.717) is 32.7 Å². The minimum Gasteiger partial charge on any atom is -0.507 e. The number of hydrogen-bond acceptors (Lipinski definition) is 5. The number of benzene rings is 2. The molecule has 7 heteroatoms. The van der Waals surface area contributed by atoms with Crippen LogP contribution in [0.2, 0.25) is 0 Å². The quantitative estimate of drug-likeness (QED) is 0.585. The summed E-state index contributed by atoms with van der Waals surface area (Å²) in [6, 6.07) is 11.6. The van der Waals surface area contributed by atoms with Crippen LogP contribution in [0.5, 0.6) is 11.5 Å². The zero-order chi connectivity index (χ0) is 25.4. The number of ether oxygens (including phenoxy) is 1. The number of fused-ring (bicyclic) bond motifs is 1. The molecular weight excluding hydrogens is 444 g/mol. The third-order valence-corrected chi connectivity index (χ3v) is 6.24. The molecule has 7 nitrogen and oxygen atoms in total. The van der Waals surface area contributed by atoms with Gasteiger partial charge in [0.2, 0.25) is 5.91 Å². The minimum atomic E-state index is -0.835. The van der Waals surface area contributed by atoms with Gasteiger partial charge >= 0.3 is 5.97 Å². The number of phenols is 1. The van der Waals surface area contributed by atoms with Gasteiger partial charge in [-0.3, -0.25) is 14.5 Å². The highest BCUT2D eigenvalue weighted by Gasteiger charge is 2.22. The van der Waals surface area contributed by atoms with Gasteiger partial charge in [0.1, 0.15) is 11.5 Å². The van der Waals surface area contributed by atoms with Crippen molar-refractivity contribution in [2.24, 2.45) is 0 Å². The maximum absolute atomic E-state index is 12.7. The van der Waals surface area contributed by atoms with Gasteiger partial charge in [0.25, 0.3) is 0 Å². The molecule has 190 valence electrons. The van der Waals surface area contributed by atoms with Crippen LogP contribution in [0, 0.1) is 0 Å². The smallest absolute Gasteiger partial charge is 0.303 e. The second-order valence-electron chi connectivity index (χ2n) is 10.3. The first-order valence-corrected chi connectivity index (χ1v) is 12.4. The highest BCUT2D eigenvalue weighted by Crippen LogP contribution is 2.34. The molecule has 3 N–H and O–H groups in total. The lowest BCUT2D eigenvalue weighted by Gasteiger charge is -2.26. The molecule has 35 heavy (non-hydrogen) atoms. The minimum absolute atomic E-state index is 0.0548. The highest BCUT2D eigenvalue weighted by atomic mass is 16.5. The Morgan fingerprint density at radius 3 is 2.66 bits per heavy atom. The van der Waals surface area contributed by atoms with E-state index in [2.05, 4.69) is 26.1 Å².